The second kappa shape index (κ2) is 11.9. The Labute approximate surface area is 221 Å². The minimum Gasteiger partial charge on any atom is -0.444 e. The molecule has 2 heterocycles. The van der Waals surface area contributed by atoms with Crippen molar-refractivity contribution in [2.75, 3.05) is 31.2 Å². The molecule has 1 fully saturated rings. The van der Waals surface area contributed by atoms with Gasteiger partial charge < -0.3 is 9.47 Å². The van der Waals surface area contributed by atoms with Crippen LogP contribution in [0, 0.1) is 5.41 Å². The average molecular weight is 499 g/mol. The predicted octanol–water partition coefficient (Wildman–Crippen LogP) is 6.59. The number of nitrogens with zero attached hydrogens (tertiary/aromatic N) is 2. The van der Waals surface area contributed by atoms with Gasteiger partial charge in [-0.1, -0.05) is 66.7 Å². The number of ether oxygens (including phenoxy) is 2. The maximum absolute atomic E-state index is 12.5. The van der Waals surface area contributed by atoms with Crippen LogP contribution in [0.3, 0.4) is 0 Å². The number of benzene rings is 3. The summed E-state index contributed by atoms with van der Waals surface area (Å²) in [5.41, 5.74) is 6.07. The third kappa shape index (κ3) is 6.41. The molecule has 0 aromatic heterocycles. The largest absolute Gasteiger partial charge is 0.444 e. The van der Waals surface area contributed by atoms with Crippen LogP contribution in [0.25, 0.3) is 0 Å². The monoisotopic (exact) mass is 498 g/mol. The second-order valence-corrected chi connectivity index (χ2v) is 10.5. The van der Waals surface area contributed by atoms with Gasteiger partial charge in [0.25, 0.3) is 0 Å². The van der Waals surface area contributed by atoms with Crippen LogP contribution in [0.5, 0.6) is 0 Å². The summed E-state index contributed by atoms with van der Waals surface area (Å²) in [6.07, 6.45) is 4.32. The topological polar surface area (TPSA) is 42.0 Å². The summed E-state index contributed by atoms with van der Waals surface area (Å²) < 4.78 is 11.5. The molecule has 0 radical (unpaired) electrons. The molecule has 5 nitrogen and oxygen atoms in total. The van der Waals surface area contributed by atoms with E-state index in [0.29, 0.717) is 13.2 Å². The number of fused-ring (bicyclic) bond motifs is 1. The highest BCUT2D eigenvalue weighted by Crippen LogP contribution is 2.37. The van der Waals surface area contributed by atoms with Crippen LogP contribution < -0.4 is 4.90 Å². The molecule has 3 aromatic carbocycles. The summed E-state index contributed by atoms with van der Waals surface area (Å²) in [5.74, 6) is 0. The first kappa shape index (κ1) is 25.5. The maximum Gasteiger partial charge on any atom is 0.414 e. The molecule has 1 saturated heterocycles. The number of likely N-dealkylation sites (tertiary alicyclic amines) is 1. The van der Waals surface area contributed by atoms with E-state index in [0.717, 1.165) is 68.9 Å². The van der Waals surface area contributed by atoms with E-state index in [1.807, 2.05) is 30.3 Å². The SMILES string of the molecule is CCOCC1(CCc2ccccc2)CCN(Cc2ccc3c(c2)COC(=O)N3Cc2ccccc2)CC1. The minimum absolute atomic E-state index is 0.254. The van der Waals surface area contributed by atoms with Gasteiger partial charge in [-0.15, -0.1) is 0 Å². The van der Waals surface area contributed by atoms with Crippen molar-refractivity contribution in [2.45, 2.75) is 52.3 Å². The summed E-state index contributed by atoms with van der Waals surface area (Å²) in [7, 11) is 0. The van der Waals surface area contributed by atoms with Gasteiger partial charge in [0.15, 0.2) is 0 Å². The molecule has 0 saturated carbocycles. The molecule has 0 spiro atoms. The third-order valence-corrected chi connectivity index (χ3v) is 7.91. The van der Waals surface area contributed by atoms with E-state index in [2.05, 4.69) is 60.4 Å². The minimum atomic E-state index is -0.277. The molecule has 2 aliphatic heterocycles. The fourth-order valence-corrected chi connectivity index (χ4v) is 5.63. The van der Waals surface area contributed by atoms with Crippen LogP contribution in [0.2, 0.25) is 0 Å². The normalized spacial score (nSPS) is 17.3. The summed E-state index contributed by atoms with van der Waals surface area (Å²) in [4.78, 5) is 16.8. The molecule has 37 heavy (non-hydrogen) atoms. The Morgan fingerprint density at radius 3 is 2.27 bits per heavy atom. The van der Waals surface area contributed by atoms with Gasteiger partial charge in [0.05, 0.1) is 18.8 Å². The predicted molar refractivity (Wildman–Crippen MR) is 147 cm³/mol. The standard InChI is InChI=1S/C32H38N2O3/c1-2-36-25-32(16-15-26-9-5-3-6-10-26)17-19-33(20-18-32)22-28-13-14-30-29(21-28)24-37-31(35)34(30)23-27-11-7-4-8-12-27/h3-14,21H,2,15-20,22-25H2,1H3. The highest BCUT2D eigenvalue weighted by molar-refractivity contribution is 5.90. The van der Waals surface area contributed by atoms with Gasteiger partial charge in [0, 0.05) is 18.7 Å². The van der Waals surface area contributed by atoms with E-state index >= 15 is 0 Å². The number of carbonyl (C=O) groups is 1. The van der Waals surface area contributed by atoms with Gasteiger partial charge in [-0.25, -0.2) is 4.79 Å². The van der Waals surface area contributed by atoms with Crippen molar-refractivity contribution in [3.8, 4) is 0 Å². The fraction of sp³-hybridized carbons (Fsp3) is 0.406. The summed E-state index contributed by atoms with van der Waals surface area (Å²) in [5, 5.41) is 0. The Hall–Kier alpha value is -3.15. The van der Waals surface area contributed by atoms with Gasteiger partial charge in [0.1, 0.15) is 6.61 Å². The molecular formula is C32H38N2O3. The van der Waals surface area contributed by atoms with E-state index in [9.17, 15) is 4.79 Å². The molecule has 0 atom stereocenters. The quantitative estimate of drug-likeness (QED) is 0.316. The van der Waals surface area contributed by atoms with Crippen LogP contribution in [-0.4, -0.2) is 37.3 Å². The summed E-state index contributed by atoms with van der Waals surface area (Å²) in [6, 6.07) is 27.4. The van der Waals surface area contributed by atoms with E-state index < -0.39 is 0 Å². The maximum atomic E-state index is 12.5. The van der Waals surface area contributed by atoms with Crippen molar-refractivity contribution < 1.29 is 14.3 Å². The van der Waals surface area contributed by atoms with Crippen LogP contribution in [-0.2, 0) is 35.6 Å². The van der Waals surface area contributed by atoms with Gasteiger partial charge in [-0.2, -0.15) is 0 Å². The molecule has 1 amide bonds. The molecular weight excluding hydrogens is 460 g/mol. The molecule has 194 valence electrons. The van der Waals surface area contributed by atoms with E-state index in [1.165, 1.54) is 17.5 Å². The van der Waals surface area contributed by atoms with Crippen LogP contribution >= 0.6 is 0 Å². The number of hydrogen-bond acceptors (Lipinski definition) is 4. The van der Waals surface area contributed by atoms with E-state index in [1.54, 1.807) is 4.90 Å². The lowest BCUT2D eigenvalue weighted by atomic mass is 9.74. The smallest absolute Gasteiger partial charge is 0.414 e. The Kier molecular flexibility index (Phi) is 8.22. The van der Waals surface area contributed by atoms with Crippen LogP contribution in [0.1, 0.15) is 48.4 Å². The summed E-state index contributed by atoms with van der Waals surface area (Å²) >= 11 is 0. The lowest BCUT2D eigenvalue weighted by Gasteiger charge is -2.42. The molecule has 0 bridgehead atoms. The Bertz CT molecular complexity index is 1160. The van der Waals surface area contributed by atoms with Crippen molar-refractivity contribution in [2.24, 2.45) is 5.41 Å². The van der Waals surface area contributed by atoms with Crippen LogP contribution in [0.15, 0.2) is 78.9 Å². The first-order chi connectivity index (χ1) is 18.1. The Morgan fingerprint density at radius 2 is 1.57 bits per heavy atom. The van der Waals surface area contributed by atoms with Crippen molar-refractivity contribution in [1.29, 1.82) is 0 Å². The number of aryl methyl sites for hydroxylation is 1. The molecule has 2 aliphatic rings. The molecule has 3 aromatic rings. The molecule has 0 N–H and O–H groups in total. The first-order valence-corrected chi connectivity index (χ1v) is 13.6. The summed E-state index contributed by atoms with van der Waals surface area (Å²) in [6.45, 7) is 7.65. The zero-order valence-corrected chi connectivity index (χ0v) is 21.9. The van der Waals surface area contributed by atoms with Crippen molar-refractivity contribution in [3.05, 3.63) is 101 Å². The molecule has 0 aliphatic carbocycles. The number of carbonyl (C=O) groups excluding carboxylic acids is 1. The number of piperidine rings is 1. The molecule has 5 rings (SSSR count). The van der Waals surface area contributed by atoms with Gasteiger partial charge in [-0.3, -0.25) is 9.80 Å². The highest BCUT2D eigenvalue weighted by Gasteiger charge is 2.35. The fourth-order valence-electron chi connectivity index (χ4n) is 5.63. The van der Waals surface area contributed by atoms with Gasteiger partial charge in [0.2, 0.25) is 0 Å². The van der Waals surface area contributed by atoms with Gasteiger partial charge in [-0.05, 0) is 79.9 Å². The van der Waals surface area contributed by atoms with Crippen molar-refractivity contribution >= 4 is 11.8 Å². The first-order valence-electron chi connectivity index (χ1n) is 13.6. The lowest BCUT2D eigenvalue weighted by molar-refractivity contribution is -0.00233. The second-order valence-electron chi connectivity index (χ2n) is 10.5. The van der Waals surface area contributed by atoms with Gasteiger partial charge >= 0.3 is 6.09 Å². The number of cyclic esters (lactones) is 1. The zero-order chi connectivity index (χ0) is 25.5. The lowest BCUT2D eigenvalue weighted by Crippen LogP contribution is -2.42. The Balaban J connectivity index is 1.21. The third-order valence-electron chi connectivity index (χ3n) is 7.91. The van der Waals surface area contributed by atoms with E-state index in [-0.39, 0.29) is 11.5 Å². The van der Waals surface area contributed by atoms with Crippen molar-refractivity contribution in [1.82, 2.24) is 4.90 Å². The molecule has 0 unspecified atom stereocenters. The van der Waals surface area contributed by atoms with E-state index in [4.69, 9.17) is 9.47 Å². The van der Waals surface area contributed by atoms with Crippen molar-refractivity contribution in [3.63, 3.8) is 0 Å². The molecule has 5 heteroatoms. The number of amides is 1. The number of hydrogen-bond donors (Lipinski definition) is 0. The van der Waals surface area contributed by atoms with Crippen LogP contribution in [0.4, 0.5) is 10.5 Å². The Morgan fingerprint density at radius 1 is 0.865 bits per heavy atom. The number of rotatable bonds is 10. The highest BCUT2D eigenvalue weighted by atomic mass is 16.6. The number of anilines is 1. The zero-order valence-electron chi connectivity index (χ0n) is 21.9. The average Bonchev–Trinajstić information content (AvgIpc) is 2.95.